The van der Waals surface area contributed by atoms with Crippen molar-refractivity contribution in [1.82, 2.24) is 0 Å². The van der Waals surface area contributed by atoms with Gasteiger partial charge in [-0.1, -0.05) is 12.8 Å². The number of rotatable bonds is 4. The maximum Gasteiger partial charge on any atom is 0.316 e. The van der Waals surface area contributed by atoms with E-state index in [2.05, 4.69) is 0 Å². The highest BCUT2D eigenvalue weighted by atomic mass is 16.6. The van der Waals surface area contributed by atoms with Gasteiger partial charge in [0.15, 0.2) is 0 Å². The predicted molar refractivity (Wildman–Crippen MR) is 76.6 cm³/mol. The van der Waals surface area contributed by atoms with Gasteiger partial charge in [0.05, 0.1) is 24.0 Å². The molecule has 2 saturated carbocycles. The second kappa shape index (κ2) is 7.90. The van der Waals surface area contributed by atoms with Crippen LogP contribution in [0.4, 0.5) is 0 Å². The number of ether oxygens (including phenoxy) is 3. The first-order chi connectivity index (χ1) is 10.1. The van der Waals surface area contributed by atoms with Crippen LogP contribution in [0.15, 0.2) is 0 Å². The molecule has 0 aromatic heterocycles. The van der Waals surface area contributed by atoms with E-state index in [1.807, 2.05) is 0 Å². The largest absolute Gasteiger partial charge is 0.393 e. The Bertz CT molecular complexity index is 334. The topological polar surface area (TPSA) is 61.8 Å². The molecule has 0 aromatic carbocycles. The summed E-state index contributed by atoms with van der Waals surface area (Å²) in [6.45, 7) is 0. The first-order valence-corrected chi connectivity index (χ1v) is 7.95. The first-order valence-electron chi connectivity index (χ1n) is 7.95. The van der Waals surface area contributed by atoms with Crippen molar-refractivity contribution in [2.75, 3.05) is 14.2 Å². The fourth-order valence-corrected chi connectivity index (χ4v) is 3.41. The number of carbonyl (C=O) groups excluding carboxylic acids is 2. The Kier molecular flexibility index (Phi) is 6.18. The van der Waals surface area contributed by atoms with E-state index in [-0.39, 0.29) is 36.0 Å². The molecular formula is C16H26O5. The molecule has 0 saturated heterocycles. The molecule has 5 nitrogen and oxygen atoms in total. The van der Waals surface area contributed by atoms with E-state index in [4.69, 9.17) is 14.2 Å². The van der Waals surface area contributed by atoms with Gasteiger partial charge >= 0.3 is 11.9 Å². The molecule has 4 atom stereocenters. The van der Waals surface area contributed by atoms with E-state index in [1.54, 1.807) is 14.2 Å². The minimum Gasteiger partial charge on any atom is -0.393 e. The summed E-state index contributed by atoms with van der Waals surface area (Å²) >= 11 is 0. The van der Waals surface area contributed by atoms with Gasteiger partial charge in [-0.3, -0.25) is 9.59 Å². The zero-order valence-electron chi connectivity index (χ0n) is 13.0. The molecule has 0 bridgehead atoms. The molecule has 0 unspecified atom stereocenters. The van der Waals surface area contributed by atoms with Crippen molar-refractivity contribution in [3.8, 4) is 0 Å². The number of hydrogen-bond donors (Lipinski definition) is 0. The number of methoxy groups -OCH3 is 2. The molecule has 0 N–H and O–H groups in total. The molecule has 120 valence electrons. The van der Waals surface area contributed by atoms with Gasteiger partial charge in [0, 0.05) is 14.2 Å². The molecule has 0 radical (unpaired) electrons. The Morgan fingerprint density at radius 1 is 0.762 bits per heavy atom. The molecule has 2 aliphatic carbocycles. The lowest BCUT2D eigenvalue weighted by molar-refractivity contribution is -0.168. The summed E-state index contributed by atoms with van der Waals surface area (Å²) in [6.07, 6.45) is 6.97. The third-order valence-corrected chi connectivity index (χ3v) is 4.79. The van der Waals surface area contributed by atoms with Gasteiger partial charge in [-0.15, -0.1) is 0 Å². The number of esters is 2. The maximum atomic E-state index is 12.1. The summed E-state index contributed by atoms with van der Waals surface area (Å²) in [4.78, 5) is 24.3. The van der Waals surface area contributed by atoms with Gasteiger partial charge in [-0.25, -0.2) is 0 Å². The molecular weight excluding hydrogens is 272 g/mol. The van der Waals surface area contributed by atoms with Crippen molar-refractivity contribution in [1.29, 1.82) is 0 Å². The molecule has 0 spiro atoms. The van der Waals surface area contributed by atoms with Crippen LogP contribution in [0.2, 0.25) is 0 Å². The molecule has 2 fully saturated rings. The Balaban J connectivity index is 1.82. The van der Waals surface area contributed by atoms with Crippen molar-refractivity contribution >= 4 is 11.9 Å². The minimum atomic E-state index is -0.374. The SMILES string of the molecule is CO[C@@H]1CCC[C@@H](C(=O)OC(=O)[C@H]2CCC[C@@H](OC)C2)C1. The van der Waals surface area contributed by atoms with Gasteiger partial charge in [-0.2, -0.15) is 0 Å². The fourth-order valence-electron chi connectivity index (χ4n) is 3.41. The van der Waals surface area contributed by atoms with Crippen LogP contribution < -0.4 is 0 Å². The summed E-state index contributed by atoms with van der Waals surface area (Å²) in [5.41, 5.74) is 0. The molecule has 0 aliphatic heterocycles. The zero-order valence-corrected chi connectivity index (χ0v) is 13.0. The van der Waals surface area contributed by atoms with Crippen LogP contribution in [0.25, 0.3) is 0 Å². The van der Waals surface area contributed by atoms with Gasteiger partial charge in [0.2, 0.25) is 0 Å². The molecule has 2 aliphatic rings. The third-order valence-electron chi connectivity index (χ3n) is 4.79. The number of hydrogen-bond acceptors (Lipinski definition) is 5. The van der Waals surface area contributed by atoms with Crippen LogP contribution in [0.5, 0.6) is 0 Å². The van der Waals surface area contributed by atoms with Crippen LogP contribution in [0, 0.1) is 11.8 Å². The maximum absolute atomic E-state index is 12.1. The van der Waals surface area contributed by atoms with E-state index in [0.717, 1.165) is 38.5 Å². The van der Waals surface area contributed by atoms with Crippen LogP contribution in [0.3, 0.4) is 0 Å². The van der Waals surface area contributed by atoms with Gasteiger partial charge in [0.1, 0.15) is 0 Å². The van der Waals surface area contributed by atoms with Gasteiger partial charge < -0.3 is 14.2 Å². The van der Waals surface area contributed by atoms with Gasteiger partial charge in [-0.05, 0) is 38.5 Å². The molecule has 5 heteroatoms. The highest BCUT2D eigenvalue weighted by Crippen LogP contribution is 2.30. The quantitative estimate of drug-likeness (QED) is 0.589. The second-order valence-corrected chi connectivity index (χ2v) is 6.18. The molecule has 2 rings (SSSR count). The van der Waals surface area contributed by atoms with Gasteiger partial charge in [0.25, 0.3) is 0 Å². The molecule has 0 heterocycles. The molecule has 0 aromatic rings. The monoisotopic (exact) mass is 298 g/mol. The van der Waals surface area contributed by atoms with E-state index in [9.17, 15) is 9.59 Å². The van der Waals surface area contributed by atoms with E-state index < -0.39 is 0 Å². The minimum absolute atomic E-state index is 0.110. The summed E-state index contributed by atoms with van der Waals surface area (Å²) < 4.78 is 15.8. The van der Waals surface area contributed by atoms with Crippen molar-refractivity contribution < 1.29 is 23.8 Å². The van der Waals surface area contributed by atoms with Crippen LogP contribution in [-0.4, -0.2) is 38.4 Å². The average molecular weight is 298 g/mol. The summed E-state index contributed by atoms with van der Waals surface area (Å²) in [6, 6.07) is 0. The van der Waals surface area contributed by atoms with E-state index in [1.165, 1.54) is 0 Å². The Morgan fingerprint density at radius 3 is 1.57 bits per heavy atom. The standard InChI is InChI=1S/C16H26O5/c1-19-13-7-3-5-11(9-13)15(17)21-16(18)12-6-4-8-14(10-12)20-2/h11-14H,3-10H2,1-2H3/t11-,12+,13-,14-/m1/s1. The second-order valence-electron chi connectivity index (χ2n) is 6.18. The predicted octanol–water partition coefficient (Wildman–Crippen LogP) is 2.47. The third kappa shape index (κ3) is 4.51. The molecule has 0 amide bonds. The van der Waals surface area contributed by atoms with Crippen LogP contribution in [-0.2, 0) is 23.8 Å². The Labute approximate surface area is 126 Å². The number of carbonyl (C=O) groups is 2. The first kappa shape index (κ1) is 16.4. The van der Waals surface area contributed by atoms with Crippen molar-refractivity contribution in [2.45, 2.75) is 63.6 Å². The fraction of sp³-hybridized carbons (Fsp3) is 0.875. The van der Waals surface area contributed by atoms with E-state index >= 15 is 0 Å². The Hall–Kier alpha value is -0.940. The summed E-state index contributed by atoms with van der Waals surface area (Å²) in [7, 11) is 3.33. The summed E-state index contributed by atoms with van der Waals surface area (Å²) in [5, 5.41) is 0. The van der Waals surface area contributed by atoms with Crippen molar-refractivity contribution in [3.05, 3.63) is 0 Å². The lowest BCUT2D eigenvalue weighted by Gasteiger charge is -2.28. The highest BCUT2D eigenvalue weighted by molar-refractivity contribution is 5.88. The summed E-state index contributed by atoms with van der Waals surface area (Å²) in [5.74, 6) is -1.15. The molecule has 21 heavy (non-hydrogen) atoms. The van der Waals surface area contributed by atoms with Crippen LogP contribution >= 0.6 is 0 Å². The van der Waals surface area contributed by atoms with Crippen molar-refractivity contribution in [2.24, 2.45) is 11.8 Å². The lowest BCUT2D eigenvalue weighted by Crippen LogP contribution is -2.33. The van der Waals surface area contributed by atoms with Crippen molar-refractivity contribution in [3.63, 3.8) is 0 Å². The zero-order chi connectivity index (χ0) is 15.2. The lowest BCUT2D eigenvalue weighted by atomic mass is 9.86. The average Bonchev–Trinajstić information content (AvgIpc) is 2.54. The Morgan fingerprint density at radius 2 is 1.19 bits per heavy atom. The van der Waals surface area contributed by atoms with Crippen LogP contribution in [0.1, 0.15) is 51.4 Å². The van der Waals surface area contributed by atoms with E-state index in [0.29, 0.717) is 12.8 Å². The smallest absolute Gasteiger partial charge is 0.316 e. The normalized spacial score (nSPS) is 33.4. The highest BCUT2D eigenvalue weighted by Gasteiger charge is 2.33.